The van der Waals surface area contributed by atoms with Crippen LogP contribution in [0.4, 0.5) is 11.4 Å². The quantitative estimate of drug-likeness (QED) is 0.550. The van der Waals surface area contributed by atoms with Gasteiger partial charge in [0.05, 0.1) is 11.6 Å². The molecule has 0 fully saturated rings. The minimum Gasteiger partial charge on any atom is -0.449 e. The summed E-state index contributed by atoms with van der Waals surface area (Å²) in [6, 6.07) is 14.0. The van der Waals surface area contributed by atoms with Gasteiger partial charge in [-0.25, -0.2) is 4.79 Å². The number of anilines is 2. The Morgan fingerprint density at radius 1 is 0.931 bits per heavy atom. The average molecular weight is 393 g/mol. The summed E-state index contributed by atoms with van der Waals surface area (Å²) in [5.41, 5.74) is 1.63. The highest BCUT2D eigenvalue weighted by Gasteiger charge is 2.19. The van der Waals surface area contributed by atoms with Crippen LogP contribution in [0.1, 0.15) is 41.0 Å². The maximum absolute atomic E-state index is 12.2. The maximum Gasteiger partial charge on any atom is 0.338 e. The fourth-order valence-corrected chi connectivity index (χ4v) is 2.28. The number of carbonyl (C=O) groups is 4. The smallest absolute Gasteiger partial charge is 0.338 e. The second kappa shape index (κ2) is 9.80. The predicted octanol–water partition coefficient (Wildman–Crippen LogP) is 2.93. The van der Waals surface area contributed by atoms with E-state index in [1.54, 1.807) is 30.3 Å². The van der Waals surface area contributed by atoms with Crippen LogP contribution in [0, 0.1) is 11.3 Å². The molecule has 2 aromatic rings. The minimum atomic E-state index is -1.05. The SMILES string of the molecule is CC(=O)c1ccc(NC(=O)[C@H](C)OC(=O)c2ccc(NC(=O)CC#N)cc2)cc1. The van der Waals surface area contributed by atoms with Crippen LogP contribution >= 0.6 is 0 Å². The van der Waals surface area contributed by atoms with Crippen molar-refractivity contribution in [2.45, 2.75) is 26.4 Å². The van der Waals surface area contributed by atoms with Crippen molar-refractivity contribution in [3.8, 4) is 6.07 Å². The lowest BCUT2D eigenvalue weighted by Gasteiger charge is -2.14. The van der Waals surface area contributed by atoms with Gasteiger partial charge in [-0.2, -0.15) is 5.26 Å². The van der Waals surface area contributed by atoms with E-state index in [2.05, 4.69) is 10.6 Å². The van der Waals surface area contributed by atoms with E-state index in [1.807, 2.05) is 0 Å². The van der Waals surface area contributed by atoms with E-state index < -0.39 is 23.9 Å². The van der Waals surface area contributed by atoms with Crippen molar-refractivity contribution >= 4 is 34.9 Å². The number of carbonyl (C=O) groups excluding carboxylic acids is 4. The fraction of sp³-hybridized carbons (Fsp3) is 0.190. The molecule has 1 atom stereocenters. The van der Waals surface area contributed by atoms with Crippen molar-refractivity contribution in [2.24, 2.45) is 0 Å². The number of hydrogen-bond acceptors (Lipinski definition) is 6. The fourth-order valence-electron chi connectivity index (χ4n) is 2.28. The molecule has 148 valence electrons. The Hall–Kier alpha value is -3.99. The van der Waals surface area contributed by atoms with Crippen molar-refractivity contribution < 1.29 is 23.9 Å². The van der Waals surface area contributed by atoms with Crippen LogP contribution in [0.15, 0.2) is 48.5 Å². The Labute approximate surface area is 167 Å². The monoisotopic (exact) mass is 393 g/mol. The van der Waals surface area contributed by atoms with E-state index in [-0.39, 0.29) is 17.8 Å². The topological polar surface area (TPSA) is 125 Å². The van der Waals surface area contributed by atoms with Crippen molar-refractivity contribution in [1.82, 2.24) is 0 Å². The lowest BCUT2D eigenvalue weighted by Crippen LogP contribution is -2.30. The number of rotatable bonds is 7. The third-order valence-corrected chi connectivity index (χ3v) is 3.86. The van der Waals surface area contributed by atoms with Crippen LogP contribution in [-0.2, 0) is 14.3 Å². The second-order valence-corrected chi connectivity index (χ2v) is 6.13. The third-order valence-electron chi connectivity index (χ3n) is 3.86. The van der Waals surface area contributed by atoms with Gasteiger partial charge in [0.2, 0.25) is 5.91 Å². The average Bonchev–Trinajstić information content (AvgIpc) is 2.69. The highest BCUT2D eigenvalue weighted by molar-refractivity contribution is 5.99. The Morgan fingerprint density at radius 3 is 1.97 bits per heavy atom. The molecule has 2 rings (SSSR count). The number of ether oxygens (including phenoxy) is 1. The molecule has 0 aliphatic rings. The molecule has 0 spiro atoms. The zero-order valence-corrected chi connectivity index (χ0v) is 15.9. The summed E-state index contributed by atoms with van der Waals surface area (Å²) in [6.07, 6.45) is -1.32. The van der Waals surface area contributed by atoms with Crippen LogP contribution in [0.25, 0.3) is 0 Å². The molecule has 2 N–H and O–H groups in total. The first-order valence-corrected chi connectivity index (χ1v) is 8.70. The molecule has 0 saturated carbocycles. The Balaban J connectivity index is 1.92. The highest BCUT2D eigenvalue weighted by Crippen LogP contribution is 2.14. The molecule has 0 aromatic heterocycles. The first-order chi connectivity index (χ1) is 13.8. The first-order valence-electron chi connectivity index (χ1n) is 8.70. The van der Waals surface area contributed by atoms with Crippen LogP contribution in [0.5, 0.6) is 0 Å². The first kappa shape index (κ1) is 21.3. The predicted molar refractivity (Wildman–Crippen MR) is 105 cm³/mol. The van der Waals surface area contributed by atoms with Crippen LogP contribution < -0.4 is 10.6 Å². The number of esters is 1. The molecule has 0 aliphatic carbocycles. The Bertz CT molecular complexity index is 959. The summed E-state index contributed by atoms with van der Waals surface area (Å²) in [5, 5.41) is 13.6. The van der Waals surface area contributed by atoms with Crippen LogP contribution in [0.2, 0.25) is 0 Å². The van der Waals surface area contributed by atoms with Crippen LogP contribution in [-0.4, -0.2) is 29.7 Å². The van der Waals surface area contributed by atoms with Gasteiger partial charge in [-0.05, 0) is 62.4 Å². The van der Waals surface area contributed by atoms with E-state index >= 15 is 0 Å². The largest absolute Gasteiger partial charge is 0.449 e. The molecule has 8 heteroatoms. The number of benzene rings is 2. The van der Waals surface area contributed by atoms with Gasteiger partial charge in [0, 0.05) is 16.9 Å². The van der Waals surface area contributed by atoms with Crippen molar-refractivity contribution in [1.29, 1.82) is 5.26 Å². The molecule has 0 heterocycles. The van der Waals surface area contributed by atoms with E-state index in [0.717, 1.165) is 0 Å². The van der Waals surface area contributed by atoms with Gasteiger partial charge < -0.3 is 15.4 Å². The molecule has 0 unspecified atom stereocenters. The molecule has 0 aliphatic heterocycles. The lowest BCUT2D eigenvalue weighted by molar-refractivity contribution is -0.123. The van der Waals surface area contributed by atoms with Gasteiger partial charge in [-0.15, -0.1) is 0 Å². The molecule has 2 amide bonds. The molecule has 8 nitrogen and oxygen atoms in total. The molecule has 0 radical (unpaired) electrons. The number of nitrogens with one attached hydrogen (secondary N) is 2. The second-order valence-electron chi connectivity index (χ2n) is 6.13. The molecule has 0 bridgehead atoms. The van der Waals surface area contributed by atoms with Gasteiger partial charge in [0.15, 0.2) is 11.9 Å². The molecular formula is C21H19N3O5. The third kappa shape index (κ3) is 6.29. The van der Waals surface area contributed by atoms with Crippen molar-refractivity contribution in [3.05, 3.63) is 59.7 Å². The maximum atomic E-state index is 12.2. The van der Waals surface area contributed by atoms with Gasteiger partial charge in [0.1, 0.15) is 6.42 Å². The van der Waals surface area contributed by atoms with Gasteiger partial charge in [-0.1, -0.05) is 0 Å². The van der Waals surface area contributed by atoms with Crippen molar-refractivity contribution in [3.63, 3.8) is 0 Å². The molecule has 0 saturated heterocycles. The van der Waals surface area contributed by atoms with Gasteiger partial charge in [0.25, 0.3) is 5.91 Å². The summed E-state index contributed by atoms with van der Waals surface area (Å²) in [6.45, 7) is 2.88. The standard InChI is InChI=1S/C21H19N3O5/c1-13(25)15-3-7-18(8-4-15)24-20(27)14(2)29-21(28)16-5-9-17(10-6-16)23-19(26)11-12-22/h3-10,14H,11H2,1-2H3,(H,23,26)(H,24,27)/t14-/m0/s1. The van der Waals surface area contributed by atoms with Gasteiger partial charge >= 0.3 is 5.97 Å². The molecular weight excluding hydrogens is 374 g/mol. The summed E-state index contributed by atoms with van der Waals surface area (Å²) < 4.78 is 5.16. The normalized spacial score (nSPS) is 10.9. The summed E-state index contributed by atoms with van der Waals surface area (Å²) in [7, 11) is 0. The number of Topliss-reactive ketones (excluding diaryl/α,β-unsaturated/α-hetero) is 1. The van der Waals surface area contributed by atoms with Crippen molar-refractivity contribution in [2.75, 3.05) is 10.6 Å². The van der Waals surface area contributed by atoms with Crippen LogP contribution in [0.3, 0.4) is 0 Å². The Kier molecular flexibility index (Phi) is 7.20. The van der Waals surface area contributed by atoms with E-state index in [9.17, 15) is 19.2 Å². The summed E-state index contributed by atoms with van der Waals surface area (Å²) in [5.74, 6) is -1.76. The number of nitrogens with zero attached hydrogens (tertiary/aromatic N) is 1. The van der Waals surface area contributed by atoms with Gasteiger partial charge in [-0.3, -0.25) is 14.4 Å². The van der Waals surface area contributed by atoms with E-state index in [1.165, 1.54) is 38.1 Å². The number of ketones is 1. The zero-order valence-electron chi connectivity index (χ0n) is 15.9. The summed E-state index contributed by atoms with van der Waals surface area (Å²) in [4.78, 5) is 47.0. The number of amides is 2. The molecule has 2 aromatic carbocycles. The lowest BCUT2D eigenvalue weighted by atomic mass is 10.1. The van der Waals surface area contributed by atoms with E-state index in [4.69, 9.17) is 10.00 Å². The number of hydrogen-bond donors (Lipinski definition) is 2. The number of nitriles is 1. The molecule has 29 heavy (non-hydrogen) atoms. The zero-order chi connectivity index (χ0) is 21.4. The summed E-state index contributed by atoms with van der Waals surface area (Å²) >= 11 is 0. The Morgan fingerprint density at radius 2 is 1.45 bits per heavy atom. The highest BCUT2D eigenvalue weighted by atomic mass is 16.5. The minimum absolute atomic E-state index is 0.0826. The van der Waals surface area contributed by atoms with E-state index in [0.29, 0.717) is 16.9 Å².